The molecule has 0 bridgehead atoms. The van der Waals surface area contributed by atoms with E-state index in [4.69, 9.17) is 5.41 Å². The molecular weight excluding hydrogens is 331 g/mol. The third kappa shape index (κ3) is 4.89. The molecule has 2 aromatic rings. The van der Waals surface area contributed by atoms with Gasteiger partial charge in [-0.3, -0.25) is 5.41 Å². The molecule has 0 spiro atoms. The van der Waals surface area contributed by atoms with Gasteiger partial charge in [0.25, 0.3) is 0 Å². The van der Waals surface area contributed by atoms with Crippen molar-refractivity contribution in [1.82, 2.24) is 0 Å². The summed E-state index contributed by atoms with van der Waals surface area (Å²) in [6.07, 6.45) is -3.87. The Kier molecular flexibility index (Phi) is 5.56. The number of alkyl halides is 3. The summed E-state index contributed by atoms with van der Waals surface area (Å²) in [6, 6.07) is 13.3. The quantitative estimate of drug-likeness (QED) is 0.643. The van der Waals surface area contributed by atoms with Crippen LogP contribution in [0.25, 0.3) is 0 Å². The monoisotopic (exact) mass is 351 g/mol. The Morgan fingerprint density at radius 3 is 2.12 bits per heavy atom. The van der Waals surface area contributed by atoms with Gasteiger partial charge in [0.1, 0.15) is 5.75 Å². The van der Waals surface area contributed by atoms with Gasteiger partial charge >= 0.3 is 6.36 Å². The minimum absolute atomic E-state index is 0.123. The van der Waals surface area contributed by atoms with Gasteiger partial charge in [0.05, 0.1) is 0 Å². The third-order valence-corrected chi connectivity index (χ3v) is 3.78. The minimum Gasteiger partial charge on any atom is -0.406 e. The molecule has 0 saturated carbocycles. The highest BCUT2D eigenvalue weighted by Gasteiger charge is 2.31. The van der Waals surface area contributed by atoms with Crippen LogP contribution in [0, 0.1) is 5.41 Å². The normalized spacial score (nSPS) is 11.1. The van der Waals surface area contributed by atoms with Crippen molar-refractivity contribution in [2.24, 2.45) is 0 Å². The van der Waals surface area contributed by atoms with E-state index >= 15 is 0 Å². The number of anilines is 2. The van der Waals surface area contributed by atoms with Gasteiger partial charge in [0.15, 0.2) is 0 Å². The topological polar surface area (TPSA) is 39.6 Å². The number of nitrogens with one attached hydrogen (secondary N) is 1. The largest absolute Gasteiger partial charge is 0.573 e. The van der Waals surface area contributed by atoms with Gasteiger partial charge in [-0.1, -0.05) is 25.1 Å². The fourth-order valence-corrected chi connectivity index (χ4v) is 2.34. The number of hydrogen-bond donors (Lipinski definition) is 1. The van der Waals surface area contributed by atoms with Crippen LogP contribution in [0.1, 0.15) is 12.5 Å². The number of nitrogens with zero attached hydrogens (tertiary/aromatic N) is 2. The molecule has 0 fully saturated rings. The molecular formula is C18H20F3N3O. The highest BCUT2D eigenvalue weighted by molar-refractivity contribution is 6.04. The van der Waals surface area contributed by atoms with Crippen molar-refractivity contribution in [3.63, 3.8) is 0 Å². The van der Waals surface area contributed by atoms with E-state index in [1.807, 2.05) is 31.2 Å². The van der Waals surface area contributed by atoms with Gasteiger partial charge in [-0.05, 0) is 36.2 Å². The summed E-state index contributed by atoms with van der Waals surface area (Å²) in [5, 5.41) is 8.34. The Labute approximate surface area is 144 Å². The molecule has 2 aromatic carbocycles. The summed E-state index contributed by atoms with van der Waals surface area (Å²) < 4.78 is 41.0. The molecule has 1 N–H and O–H groups in total. The Hall–Kier alpha value is -2.70. The molecule has 0 unspecified atom stereocenters. The predicted molar refractivity (Wildman–Crippen MR) is 93.5 cm³/mol. The van der Waals surface area contributed by atoms with E-state index in [9.17, 15) is 13.2 Å². The molecule has 0 aliphatic rings. The fourth-order valence-electron chi connectivity index (χ4n) is 2.34. The lowest BCUT2D eigenvalue weighted by Crippen LogP contribution is -2.39. The van der Waals surface area contributed by atoms with E-state index in [1.165, 1.54) is 23.1 Å². The van der Waals surface area contributed by atoms with Gasteiger partial charge in [-0.15, -0.1) is 13.2 Å². The number of guanidine groups is 1. The standard InChI is InChI=1S/C18H20F3N3O/c1-4-13-7-5-8-14(11-13)23(2)17(22)24(3)15-9-6-10-16(12-15)25-18(19,20)21/h5-12,22H,4H2,1-3H3. The fraction of sp³-hybridized carbons (Fsp3) is 0.278. The molecule has 7 heteroatoms. The summed E-state index contributed by atoms with van der Waals surface area (Å²) in [7, 11) is 3.36. The Morgan fingerprint density at radius 2 is 1.56 bits per heavy atom. The van der Waals surface area contributed by atoms with Gasteiger partial charge in [0.2, 0.25) is 5.96 Å². The van der Waals surface area contributed by atoms with Crippen LogP contribution in [-0.4, -0.2) is 26.4 Å². The molecule has 0 radical (unpaired) electrons. The van der Waals surface area contributed by atoms with E-state index < -0.39 is 6.36 Å². The van der Waals surface area contributed by atoms with Crippen molar-refractivity contribution < 1.29 is 17.9 Å². The average molecular weight is 351 g/mol. The predicted octanol–water partition coefficient (Wildman–Crippen LogP) is 4.65. The first kappa shape index (κ1) is 18.6. The van der Waals surface area contributed by atoms with Gasteiger partial charge in [0, 0.05) is 31.5 Å². The second-order valence-corrected chi connectivity index (χ2v) is 5.51. The van der Waals surface area contributed by atoms with Crippen molar-refractivity contribution in [1.29, 1.82) is 5.41 Å². The SMILES string of the molecule is CCc1cccc(N(C)C(=N)N(C)c2cccc(OC(F)(F)F)c2)c1. The van der Waals surface area contributed by atoms with Crippen LogP contribution >= 0.6 is 0 Å². The van der Waals surface area contributed by atoms with Crippen molar-refractivity contribution in [3.8, 4) is 5.75 Å². The van der Waals surface area contributed by atoms with E-state index in [2.05, 4.69) is 4.74 Å². The Bertz CT molecular complexity index is 746. The van der Waals surface area contributed by atoms with Crippen LogP contribution in [0.4, 0.5) is 24.5 Å². The Morgan fingerprint density at radius 1 is 1.00 bits per heavy atom. The van der Waals surface area contributed by atoms with Crippen LogP contribution in [0.15, 0.2) is 48.5 Å². The van der Waals surface area contributed by atoms with E-state index in [0.29, 0.717) is 5.69 Å². The van der Waals surface area contributed by atoms with Crippen molar-refractivity contribution in [3.05, 3.63) is 54.1 Å². The molecule has 0 aliphatic heterocycles. The van der Waals surface area contributed by atoms with Crippen molar-refractivity contribution in [2.45, 2.75) is 19.7 Å². The minimum atomic E-state index is -4.75. The summed E-state index contributed by atoms with van der Waals surface area (Å²) in [4.78, 5) is 3.15. The maximum Gasteiger partial charge on any atom is 0.573 e. The van der Waals surface area contributed by atoms with Crippen LogP contribution in [0.3, 0.4) is 0 Å². The smallest absolute Gasteiger partial charge is 0.406 e. The number of ether oxygens (including phenoxy) is 1. The molecule has 134 valence electrons. The van der Waals surface area contributed by atoms with E-state index in [1.54, 1.807) is 25.1 Å². The first-order valence-corrected chi connectivity index (χ1v) is 7.72. The molecule has 0 saturated heterocycles. The first-order valence-electron chi connectivity index (χ1n) is 7.72. The van der Waals surface area contributed by atoms with E-state index in [0.717, 1.165) is 17.7 Å². The number of hydrogen-bond acceptors (Lipinski definition) is 2. The molecule has 0 amide bonds. The Balaban J connectivity index is 2.20. The van der Waals surface area contributed by atoms with Crippen LogP contribution < -0.4 is 14.5 Å². The zero-order valence-electron chi connectivity index (χ0n) is 14.3. The molecule has 0 atom stereocenters. The second-order valence-electron chi connectivity index (χ2n) is 5.51. The summed E-state index contributed by atoms with van der Waals surface area (Å²) in [6.45, 7) is 2.04. The average Bonchev–Trinajstić information content (AvgIpc) is 2.58. The first-order chi connectivity index (χ1) is 11.7. The third-order valence-electron chi connectivity index (χ3n) is 3.78. The van der Waals surface area contributed by atoms with Gasteiger partial charge in [-0.2, -0.15) is 0 Å². The molecule has 2 rings (SSSR count). The van der Waals surface area contributed by atoms with Crippen LogP contribution in [0.2, 0.25) is 0 Å². The molecule has 0 aliphatic carbocycles. The number of rotatable bonds is 4. The maximum atomic E-state index is 12.4. The van der Waals surface area contributed by atoms with Crippen LogP contribution in [-0.2, 0) is 6.42 Å². The summed E-state index contributed by atoms with van der Waals surface area (Å²) >= 11 is 0. The summed E-state index contributed by atoms with van der Waals surface area (Å²) in [5.41, 5.74) is 2.39. The number of aryl methyl sites for hydroxylation is 1. The zero-order chi connectivity index (χ0) is 18.6. The highest BCUT2D eigenvalue weighted by Crippen LogP contribution is 2.27. The number of halogens is 3. The summed E-state index contributed by atoms with van der Waals surface area (Å²) in [5.74, 6) is -0.197. The zero-order valence-corrected chi connectivity index (χ0v) is 14.3. The van der Waals surface area contributed by atoms with Gasteiger partial charge in [-0.25, -0.2) is 0 Å². The molecule has 0 aromatic heterocycles. The number of benzene rings is 2. The lowest BCUT2D eigenvalue weighted by Gasteiger charge is -2.28. The van der Waals surface area contributed by atoms with Crippen molar-refractivity contribution in [2.75, 3.05) is 23.9 Å². The van der Waals surface area contributed by atoms with Gasteiger partial charge < -0.3 is 14.5 Å². The van der Waals surface area contributed by atoms with Crippen LogP contribution in [0.5, 0.6) is 5.75 Å². The molecule has 25 heavy (non-hydrogen) atoms. The lowest BCUT2D eigenvalue weighted by molar-refractivity contribution is -0.274. The highest BCUT2D eigenvalue weighted by atomic mass is 19.4. The molecule has 0 heterocycles. The van der Waals surface area contributed by atoms with Crippen molar-refractivity contribution >= 4 is 17.3 Å². The van der Waals surface area contributed by atoms with E-state index in [-0.39, 0.29) is 11.7 Å². The lowest BCUT2D eigenvalue weighted by atomic mass is 10.1. The second kappa shape index (κ2) is 7.46. The maximum absolute atomic E-state index is 12.4. The molecule has 4 nitrogen and oxygen atoms in total.